The van der Waals surface area contributed by atoms with Gasteiger partial charge in [-0.05, 0) is 50.0 Å². The van der Waals surface area contributed by atoms with Gasteiger partial charge in [0.15, 0.2) is 0 Å². The maximum atomic E-state index is 11.2. The van der Waals surface area contributed by atoms with E-state index < -0.39 is 0 Å². The lowest BCUT2D eigenvalue weighted by atomic mass is 10.0. The number of hydrogen-bond acceptors (Lipinski definition) is 3. The summed E-state index contributed by atoms with van der Waals surface area (Å²) in [6.45, 7) is 6.24. The first kappa shape index (κ1) is 15.0. The van der Waals surface area contributed by atoms with Gasteiger partial charge in [0.05, 0.1) is 6.61 Å². The number of esters is 1. The molecule has 0 heterocycles. The summed E-state index contributed by atoms with van der Waals surface area (Å²) in [6.07, 6.45) is 9.29. The van der Waals surface area contributed by atoms with E-state index in [1.165, 1.54) is 12.5 Å². The maximum Gasteiger partial charge on any atom is 0.302 e. The Morgan fingerprint density at radius 1 is 1.50 bits per heavy atom. The minimum Gasteiger partial charge on any atom is -0.465 e. The number of aldehydes is 1. The van der Waals surface area contributed by atoms with Crippen molar-refractivity contribution in [3.63, 3.8) is 0 Å². The van der Waals surface area contributed by atoms with Gasteiger partial charge in [0.25, 0.3) is 0 Å². The number of rotatable bonds is 3. The molecule has 0 aromatic rings. The average Bonchev–Trinajstić information content (AvgIpc) is 2.97. The van der Waals surface area contributed by atoms with E-state index >= 15 is 0 Å². The Bertz CT molecular complexity index is 461. The highest BCUT2D eigenvalue weighted by Gasteiger charge is 2.59. The molecule has 1 saturated carbocycles. The van der Waals surface area contributed by atoms with E-state index in [2.05, 4.69) is 26.0 Å². The Morgan fingerprint density at radius 2 is 2.25 bits per heavy atom. The average molecular weight is 276 g/mol. The number of carbonyl (C=O) groups excluding carboxylic acids is 2. The van der Waals surface area contributed by atoms with Crippen molar-refractivity contribution in [3.05, 3.63) is 23.3 Å². The Kier molecular flexibility index (Phi) is 4.46. The van der Waals surface area contributed by atoms with Crippen LogP contribution >= 0.6 is 0 Å². The van der Waals surface area contributed by atoms with Crippen LogP contribution in [0.25, 0.3) is 0 Å². The van der Waals surface area contributed by atoms with Crippen LogP contribution in [0.1, 0.15) is 46.5 Å². The third-order valence-electron chi connectivity index (χ3n) is 4.84. The molecule has 20 heavy (non-hydrogen) atoms. The van der Waals surface area contributed by atoms with Crippen molar-refractivity contribution < 1.29 is 14.3 Å². The predicted octanol–water partition coefficient (Wildman–Crippen LogP) is 3.45. The molecule has 1 fully saturated rings. The number of fused-ring (bicyclic) bond motifs is 1. The number of ether oxygens (including phenoxy) is 1. The molecule has 0 radical (unpaired) electrons. The van der Waals surface area contributed by atoms with Crippen LogP contribution < -0.4 is 0 Å². The maximum absolute atomic E-state index is 11.2. The predicted molar refractivity (Wildman–Crippen MR) is 78.1 cm³/mol. The Labute approximate surface area is 121 Å². The summed E-state index contributed by atoms with van der Waals surface area (Å²) >= 11 is 0. The molecular formula is C17H24O3. The fourth-order valence-corrected chi connectivity index (χ4v) is 3.36. The highest BCUT2D eigenvalue weighted by atomic mass is 16.5. The lowest BCUT2D eigenvalue weighted by molar-refractivity contribution is -0.142. The van der Waals surface area contributed by atoms with Gasteiger partial charge in [-0.25, -0.2) is 0 Å². The van der Waals surface area contributed by atoms with E-state index in [1.54, 1.807) is 0 Å². The second-order valence-corrected chi connectivity index (χ2v) is 6.41. The first-order chi connectivity index (χ1) is 9.47. The van der Waals surface area contributed by atoms with Crippen LogP contribution in [-0.4, -0.2) is 18.9 Å². The summed E-state index contributed by atoms with van der Waals surface area (Å²) in [7, 11) is 0. The van der Waals surface area contributed by atoms with Gasteiger partial charge in [-0.3, -0.25) is 9.59 Å². The monoisotopic (exact) mass is 276 g/mol. The summed E-state index contributed by atoms with van der Waals surface area (Å²) in [4.78, 5) is 22.2. The zero-order chi connectivity index (χ0) is 14.8. The molecule has 0 aromatic heterocycles. The molecule has 0 aliphatic heterocycles. The van der Waals surface area contributed by atoms with Gasteiger partial charge >= 0.3 is 5.97 Å². The summed E-state index contributed by atoms with van der Waals surface area (Å²) in [6, 6.07) is 0. The van der Waals surface area contributed by atoms with Gasteiger partial charge in [0, 0.05) is 12.3 Å². The first-order valence-corrected chi connectivity index (χ1v) is 7.42. The normalized spacial score (nSPS) is 38.5. The summed E-state index contributed by atoms with van der Waals surface area (Å²) in [5.41, 5.74) is 2.29. The lowest BCUT2D eigenvalue weighted by Gasteiger charge is -2.11. The van der Waals surface area contributed by atoms with Crippen LogP contribution in [0.3, 0.4) is 0 Å². The zero-order valence-corrected chi connectivity index (χ0v) is 12.6. The van der Waals surface area contributed by atoms with Crippen molar-refractivity contribution in [1.29, 1.82) is 0 Å². The van der Waals surface area contributed by atoms with Gasteiger partial charge in [-0.2, -0.15) is 0 Å². The van der Waals surface area contributed by atoms with Crippen molar-refractivity contribution in [2.45, 2.75) is 46.5 Å². The fraction of sp³-hybridized carbons (Fsp3) is 0.647. The van der Waals surface area contributed by atoms with Crippen molar-refractivity contribution in [2.24, 2.45) is 17.3 Å². The zero-order valence-electron chi connectivity index (χ0n) is 12.6. The molecule has 110 valence electrons. The molecule has 0 amide bonds. The summed E-state index contributed by atoms with van der Waals surface area (Å²) in [5, 5.41) is 0. The van der Waals surface area contributed by atoms with Crippen LogP contribution in [0.15, 0.2) is 23.3 Å². The number of hydrogen-bond donors (Lipinski definition) is 0. The number of carbonyl (C=O) groups is 2. The largest absolute Gasteiger partial charge is 0.465 e. The Morgan fingerprint density at radius 3 is 2.90 bits per heavy atom. The standard InChI is InChI=1S/C17H24O3/c1-12-5-4-6-14(10-18)9-16-15(8-7-12)17(16,3)11-20-13(2)19/h5,9-10,15-16H,4,6-8,11H2,1-3H3/b12-5+,14-9+/t15-,16+,17+/m1/s1. The second-order valence-electron chi connectivity index (χ2n) is 6.41. The Balaban J connectivity index is 2.15. The molecule has 3 heteroatoms. The molecule has 3 nitrogen and oxygen atoms in total. The molecular weight excluding hydrogens is 252 g/mol. The van der Waals surface area contributed by atoms with Gasteiger partial charge in [-0.1, -0.05) is 24.6 Å². The van der Waals surface area contributed by atoms with E-state index in [0.29, 0.717) is 18.4 Å². The van der Waals surface area contributed by atoms with Crippen molar-refractivity contribution in [2.75, 3.05) is 6.61 Å². The van der Waals surface area contributed by atoms with E-state index in [9.17, 15) is 9.59 Å². The lowest BCUT2D eigenvalue weighted by Crippen LogP contribution is -2.13. The van der Waals surface area contributed by atoms with E-state index in [1.807, 2.05) is 0 Å². The van der Waals surface area contributed by atoms with Crippen LogP contribution in [0, 0.1) is 17.3 Å². The molecule has 3 atom stereocenters. The SMILES string of the molecule is CC(=O)OC[C@@]1(C)[C@@H]2CC/C(C)=C/CC/C(C=O)=C\[C@@H]21. The van der Waals surface area contributed by atoms with Crippen LogP contribution in [0.2, 0.25) is 0 Å². The Hall–Kier alpha value is -1.38. The molecule has 2 aliphatic carbocycles. The van der Waals surface area contributed by atoms with Crippen molar-refractivity contribution >= 4 is 12.3 Å². The van der Waals surface area contributed by atoms with Gasteiger partial charge in [0.1, 0.15) is 6.29 Å². The highest BCUT2D eigenvalue weighted by molar-refractivity contribution is 5.73. The summed E-state index contributed by atoms with van der Waals surface area (Å²) < 4.78 is 5.23. The molecule has 0 N–H and O–H groups in total. The smallest absolute Gasteiger partial charge is 0.302 e. The van der Waals surface area contributed by atoms with Crippen LogP contribution in [-0.2, 0) is 14.3 Å². The first-order valence-electron chi connectivity index (χ1n) is 7.42. The topological polar surface area (TPSA) is 43.4 Å². The van der Waals surface area contributed by atoms with Gasteiger partial charge < -0.3 is 4.74 Å². The van der Waals surface area contributed by atoms with E-state index in [0.717, 1.165) is 37.5 Å². The second kappa shape index (κ2) is 5.94. The highest BCUT2D eigenvalue weighted by Crippen LogP contribution is 2.62. The third kappa shape index (κ3) is 3.20. The minimum absolute atomic E-state index is 0.00451. The third-order valence-corrected chi connectivity index (χ3v) is 4.84. The van der Waals surface area contributed by atoms with Crippen molar-refractivity contribution in [3.8, 4) is 0 Å². The molecule has 2 aliphatic rings. The molecule has 0 spiro atoms. The summed E-state index contributed by atoms with van der Waals surface area (Å²) in [5.74, 6) is 0.654. The fourth-order valence-electron chi connectivity index (χ4n) is 3.36. The molecule has 0 unspecified atom stereocenters. The van der Waals surface area contributed by atoms with Crippen LogP contribution in [0.5, 0.6) is 0 Å². The quantitative estimate of drug-likeness (QED) is 0.450. The molecule has 2 rings (SSSR count). The van der Waals surface area contributed by atoms with Crippen molar-refractivity contribution in [1.82, 2.24) is 0 Å². The van der Waals surface area contributed by atoms with Crippen LogP contribution in [0.4, 0.5) is 0 Å². The molecule has 0 aromatic carbocycles. The van der Waals surface area contributed by atoms with Gasteiger partial charge in [0.2, 0.25) is 0 Å². The van der Waals surface area contributed by atoms with E-state index in [4.69, 9.17) is 4.74 Å². The molecule has 0 bridgehead atoms. The molecule has 0 saturated heterocycles. The minimum atomic E-state index is -0.226. The number of allylic oxidation sites excluding steroid dienone is 4. The van der Waals surface area contributed by atoms with E-state index in [-0.39, 0.29) is 11.4 Å². The van der Waals surface area contributed by atoms with Gasteiger partial charge in [-0.15, -0.1) is 0 Å².